The zero-order valence-corrected chi connectivity index (χ0v) is 16.3. The molecule has 0 spiro atoms. The molecule has 0 bridgehead atoms. The molecule has 4 rings (SSSR count). The van der Waals surface area contributed by atoms with Crippen LogP contribution in [0, 0.1) is 0 Å². The summed E-state index contributed by atoms with van der Waals surface area (Å²) in [6.07, 6.45) is 1.05. The van der Waals surface area contributed by atoms with Crippen LogP contribution in [0.1, 0.15) is 11.7 Å². The summed E-state index contributed by atoms with van der Waals surface area (Å²) in [5.41, 5.74) is 3.12. The van der Waals surface area contributed by atoms with Crippen LogP contribution in [0.3, 0.4) is 0 Å². The van der Waals surface area contributed by atoms with Crippen molar-refractivity contribution in [2.24, 2.45) is 0 Å². The summed E-state index contributed by atoms with van der Waals surface area (Å²) >= 11 is 3.16. The van der Waals surface area contributed by atoms with Gasteiger partial charge in [0, 0.05) is 16.7 Å². The van der Waals surface area contributed by atoms with E-state index in [4.69, 9.17) is 4.74 Å². The van der Waals surface area contributed by atoms with Gasteiger partial charge in [0.05, 0.1) is 18.6 Å². The second kappa shape index (κ2) is 8.08. The number of aliphatic hydroxyl groups excluding tert-OH is 1. The molecule has 1 unspecified atom stereocenters. The number of methoxy groups -OCH3 is 1. The Labute approximate surface area is 165 Å². The predicted molar refractivity (Wildman–Crippen MR) is 112 cm³/mol. The fraction of sp³-hybridized carbons (Fsp3) is 0.143. The fourth-order valence-corrected chi connectivity index (χ4v) is 4.83. The Bertz CT molecular complexity index is 1030. The molecule has 0 aliphatic heterocycles. The van der Waals surface area contributed by atoms with Crippen molar-refractivity contribution in [3.8, 4) is 16.9 Å². The van der Waals surface area contributed by atoms with Crippen LogP contribution in [0.5, 0.6) is 5.75 Å². The zero-order valence-electron chi connectivity index (χ0n) is 14.7. The number of nitrogens with zero attached hydrogens (tertiary/aromatic N) is 2. The van der Waals surface area contributed by atoms with Crippen molar-refractivity contribution in [3.05, 3.63) is 71.9 Å². The summed E-state index contributed by atoms with van der Waals surface area (Å²) in [6, 6.07) is 17.7. The van der Waals surface area contributed by atoms with Gasteiger partial charge in [-0.2, -0.15) is 0 Å². The Morgan fingerprint density at radius 1 is 1.07 bits per heavy atom. The molecule has 4 aromatic rings. The standard InChI is InChI=1S/C21H18N2O2S2/c1-25-16-9-7-14(8-10-16)17-11-26-20-19(17)21(23-13-22-20)27-12-18(24)15-5-3-2-4-6-15/h2-11,13,18,24H,12H2,1H3. The minimum Gasteiger partial charge on any atom is -0.497 e. The van der Waals surface area contributed by atoms with Gasteiger partial charge in [0.1, 0.15) is 21.9 Å². The highest BCUT2D eigenvalue weighted by Crippen LogP contribution is 2.39. The third-order valence-corrected chi connectivity index (χ3v) is 6.25. The van der Waals surface area contributed by atoms with Gasteiger partial charge in [-0.05, 0) is 23.3 Å². The molecule has 1 N–H and O–H groups in total. The number of hydrogen-bond donors (Lipinski definition) is 1. The molecule has 0 aliphatic rings. The fourth-order valence-electron chi connectivity index (χ4n) is 2.87. The second-order valence-electron chi connectivity index (χ2n) is 5.97. The lowest BCUT2D eigenvalue weighted by molar-refractivity contribution is 0.204. The topological polar surface area (TPSA) is 55.2 Å². The molecule has 0 radical (unpaired) electrons. The summed E-state index contributed by atoms with van der Waals surface area (Å²) in [5.74, 6) is 1.36. The first-order valence-corrected chi connectivity index (χ1v) is 10.3. The van der Waals surface area contributed by atoms with Crippen LogP contribution < -0.4 is 4.74 Å². The summed E-state index contributed by atoms with van der Waals surface area (Å²) < 4.78 is 5.25. The van der Waals surface area contributed by atoms with Crippen LogP contribution >= 0.6 is 23.1 Å². The normalized spacial score (nSPS) is 12.2. The lowest BCUT2D eigenvalue weighted by Crippen LogP contribution is -2.00. The van der Waals surface area contributed by atoms with Crippen molar-refractivity contribution in [3.63, 3.8) is 0 Å². The predicted octanol–water partition coefficient (Wildman–Crippen LogP) is 5.19. The number of rotatable bonds is 6. The lowest BCUT2D eigenvalue weighted by atomic mass is 10.1. The maximum absolute atomic E-state index is 10.5. The van der Waals surface area contributed by atoms with E-state index >= 15 is 0 Å². The first-order valence-electron chi connectivity index (χ1n) is 8.48. The van der Waals surface area contributed by atoms with Gasteiger partial charge in [0.15, 0.2) is 0 Å². The molecular weight excluding hydrogens is 376 g/mol. The van der Waals surface area contributed by atoms with E-state index in [1.54, 1.807) is 36.5 Å². The van der Waals surface area contributed by atoms with Crippen LogP contribution in [-0.4, -0.2) is 27.9 Å². The number of hydrogen-bond acceptors (Lipinski definition) is 6. The van der Waals surface area contributed by atoms with Crippen molar-refractivity contribution < 1.29 is 9.84 Å². The molecule has 4 nitrogen and oxygen atoms in total. The third kappa shape index (κ3) is 3.83. The van der Waals surface area contributed by atoms with Crippen LogP contribution in [0.2, 0.25) is 0 Å². The number of ether oxygens (including phenoxy) is 1. The van der Waals surface area contributed by atoms with Crippen molar-refractivity contribution in [1.82, 2.24) is 9.97 Å². The zero-order chi connectivity index (χ0) is 18.6. The maximum Gasteiger partial charge on any atom is 0.128 e. The molecule has 136 valence electrons. The van der Waals surface area contributed by atoms with Crippen molar-refractivity contribution in [1.29, 1.82) is 0 Å². The highest BCUT2D eigenvalue weighted by molar-refractivity contribution is 7.99. The first kappa shape index (κ1) is 18.0. The summed E-state index contributed by atoms with van der Waals surface area (Å²) in [5, 5.41) is 14.5. The van der Waals surface area contributed by atoms with Crippen molar-refractivity contribution in [2.75, 3.05) is 12.9 Å². The Morgan fingerprint density at radius 3 is 2.59 bits per heavy atom. The number of aromatic nitrogens is 2. The molecule has 2 heterocycles. The molecule has 0 aliphatic carbocycles. The lowest BCUT2D eigenvalue weighted by Gasteiger charge is -2.11. The molecule has 0 amide bonds. The number of thiophene rings is 1. The van der Waals surface area contributed by atoms with E-state index < -0.39 is 6.10 Å². The van der Waals surface area contributed by atoms with E-state index in [0.717, 1.165) is 37.7 Å². The maximum atomic E-state index is 10.5. The first-order chi connectivity index (χ1) is 13.3. The van der Waals surface area contributed by atoms with Gasteiger partial charge in [-0.15, -0.1) is 23.1 Å². The third-order valence-electron chi connectivity index (χ3n) is 4.30. The monoisotopic (exact) mass is 394 g/mol. The molecule has 0 fully saturated rings. The van der Waals surface area contributed by atoms with Crippen molar-refractivity contribution in [2.45, 2.75) is 11.1 Å². The van der Waals surface area contributed by atoms with E-state index in [2.05, 4.69) is 15.3 Å². The molecule has 2 aromatic heterocycles. The Morgan fingerprint density at radius 2 is 1.85 bits per heavy atom. The van der Waals surface area contributed by atoms with Crippen LogP contribution in [-0.2, 0) is 0 Å². The molecule has 27 heavy (non-hydrogen) atoms. The van der Waals surface area contributed by atoms with Gasteiger partial charge in [-0.3, -0.25) is 0 Å². The average Bonchev–Trinajstić information content (AvgIpc) is 3.17. The number of aliphatic hydroxyl groups is 1. The second-order valence-corrected chi connectivity index (χ2v) is 7.84. The highest BCUT2D eigenvalue weighted by atomic mass is 32.2. The Balaban J connectivity index is 1.64. The van der Waals surface area contributed by atoms with Crippen LogP contribution in [0.25, 0.3) is 21.3 Å². The van der Waals surface area contributed by atoms with Gasteiger partial charge in [0.2, 0.25) is 0 Å². The van der Waals surface area contributed by atoms with Crippen LogP contribution in [0.15, 0.2) is 71.3 Å². The molecule has 6 heteroatoms. The van der Waals surface area contributed by atoms with Gasteiger partial charge in [-0.1, -0.05) is 42.5 Å². The van der Waals surface area contributed by atoms with Gasteiger partial charge >= 0.3 is 0 Å². The minimum atomic E-state index is -0.538. The number of benzene rings is 2. The molecule has 0 saturated heterocycles. The van der Waals surface area contributed by atoms with Crippen LogP contribution in [0.4, 0.5) is 0 Å². The highest BCUT2D eigenvalue weighted by Gasteiger charge is 2.15. The molecule has 1 atom stereocenters. The smallest absolute Gasteiger partial charge is 0.128 e. The average molecular weight is 395 g/mol. The Kier molecular flexibility index (Phi) is 5.38. The van der Waals surface area contributed by atoms with E-state index in [1.165, 1.54) is 0 Å². The van der Waals surface area contributed by atoms with E-state index in [0.29, 0.717) is 5.75 Å². The van der Waals surface area contributed by atoms with E-state index in [-0.39, 0.29) is 0 Å². The summed E-state index contributed by atoms with van der Waals surface area (Å²) in [7, 11) is 1.66. The largest absolute Gasteiger partial charge is 0.497 e. The van der Waals surface area contributed by atoms with E-state index in [1.807, 2.05) is 54.6 Å². The van der Waals surface area contributed by atoms with Gasteiger partial charge < -0.3 is 9.84 Å². The quantitative estimate of drug-likeness (QED) is 0.360. The molecular formula is C21H18N2O2S2. The number of fused-ring (bicyclic) bond motifs is 1. The summed E-state index contributed by atoms with van der Waals surface area (Å²) in [6.45, 7) is 0. The minimum absolute atomic E-state index is 0.536. The molecule has 0 saturated carbocycles. The van der Waals surface area contributed by atoms with Gasteiger partial charge in [-0.25, -0.2) is 9.97 Å². The molecule has 2 aromatic carbocycles. The SMILES string of the molecule is COc1ccc(-c2csc3ncnc(SCC(O)c4ccccc4)c23)cc1. The Hall–Kier alpha value is -2.41. The summed E-state index contributed by atoms with van der Waals surface area (Å²) in [4.78, 5) is 9.85. The number of thioether (sulfide) groups is 1. The van der Waals surface area contributed by atoms with E-state index in [9.17, 15) is 5.11 Å². The van der Waals surface area contributed by atoms with Crippen molar-refractivity contribution >= 4 is 33.3 Å². The van der Waals surface area contributed by atoms with Gasteiger partial charge in [0.25, 0.3) is 0 Å².